The Hall–Kier alpha value is -3.55. The largest absolute Gasteiger partial charge is 0.325 e. The van der Waals surface area contributed by atoms with Gasteiger partial charge >= 0.3 is 0 Å². The molecule has 1 aliphatic carbocycles. The highest BCUT2D eigenvalue weighted by Crippen LogP contribution is 2.32. The van der Waals surface area contributed by atoms with Crippen LogP contribution in [0.3, 0.4) is 0 Å². The van der Waals surface area contributed by atoms with Crippen molar-refractivity contribution in [3.8, 4) is 11.4 Å². The number of tetrazole rings is 1. The van der Waals surface area contributed by atoms with Gasteiger partial charge in [-0.3, -0.25) is 9.59 Å². The first-order chi connectivity index (χ1) is 15.1. The molecular weight excluding hydrogens is 392 g/mol. The molecule has 2 heterocycles. The van der Waals surface area contributed by atoms with Crippen molar-refractivity contribution in [3.05, 3.63) is 54.1 Å². The molecule has 8 heteroatoms. The third-order valence-electron chi connectivity index (χ3n) is 6.11. The van der Waals surface area contributed by atoms with Crippen LogP contribution in [0.5, 0.6) is 0 Å². The number of amides is 2. The predicted octanol–water partition coefficient (Wildman–Crippen LogP) is 3.06. The molecule has 8 nitrogen and oxygen atoms in total. The number of rotatable bonds is 5. The molecule has 2 aromatic carbocycles. The molecule has 0 spiro atoms. The molecular formula is C23H24N6O2. The number of hydrogen-bond acceptors (Lipinski definition) is 5. The number of carbonyl (C=O) groups excluding carboxylic acids is 2. The van der Waals surface area contributed by atoms with Gasteiger partial charge in [-0.15, -0.1) is 10.2 Å². The second kappa shape index (κ2) is 7.94. The topological polar surface area (TPSA) is 93.0 Å². The van der Waals surface area contributed by atoms with E-state index in [4.69, 9.17) is 0 Å². The predicted molar refractivity (Wildman–Crippen MR) is 116 cm³/mol. The summed E-state index contributed by atoms with van der Waals surface area (Å²) >= 11 is 0. The van der Waals surface area contributed by atoms with Gasteiger partial charge in [0.25, 0.3) is 5.91 Å². The summed E-state index contributed by atoms with van der Waals surface area (Å²) in [4.78, 5) is 28.5. The van der Waals surface area contributed by atoms with Gasteiger partial charge in [0.05, 0.1) is 5.69 Å². The van der Waals surface area contributed by atoms with Gasteiger partial charge in [-0.2, -0.15) is 4.80 Å². The summed E-state index contributed by atoms with van der Waals surface area (Å²) in [5, 5.41) is 15.6. The lowest BCUT2D eigenvalue weighted by Gasteiger charge is -2.24. The Bertz CT molecular complexity index is 1140. The van der Waals surface area contributed by atoms with Gasteiger partial charge < -0.3 is 10.2 Å². The van der Waals surface area contributed by atoms with Crippen molar-refractivity contribution in [2.45, 2.75) is 45.2 Å². The molecule has 5 rings (SSSR count). The molecule has 158 valence electrons. The van der Waals surface area contributed by atoms with Crippen molar-refractivity contribution in [2.24, 2.45) is 5.92 Å². The zero-order valence-electron chi connectivity index (χ0n) is 17.4. The van der Waals surface area contributed by atoms with Gasteiger partial charge in [-0.05, 0) is 55.2 Å². The fourth-order valence-electron chi connectivity index (χ4n) is 4.25. The third kappa shape index (κ3) is 3.69. The molecule has 3 aromatic rings. The molecule has 31 heavy (non-hydrogen) atoms. The van der Waals surface area contributed by atoms with Crippen LogP contribution in [0.1, 0.15) is 31.7 Å². The van der Waals surface area contributed by atoms with Gasteiger partial charge in [0, 0.05) is 23.2 Å². The summed E-state index contributed by atoms with van der Waals surface area (Å²) in [6, 6.07) is 15.5. The minimum Gasteiger partial charge on any atom is -0.325 e. The van der Waals surface area contributed by atoms with E-state index in [0.717, 1.165) is 31.4 Å². The Morgan fingerprint density at radius 1 is 1.10 bits per heavy atom. The van der Waals surface area contributed by atoms with Crippen molar-refractivity contribution in [2.75, 3.05) is 10.2 Å². The van der Waals surface area contributed by atoms with Gasteiger partial charge in [0.2, 0.25) is 11.7 Å². The second-order valence-corrected chi connectivity index (χ2v) is 8.25. The van der Waals surface area contributed by atoms with Gasteiger partial charge in [-0.1, -0.05) is 36.8 Å². The van der Waals surface area contributed by atoms with Gasteiger partial charge in [0.15, 0.2) is 0 Å². The van der Waals surface area contributed by atoms with Crippen molar-refractivity contribution >= 4 is 23.2 Å². The standard InChI is InChI=1S/C23H24N6O2/c1-15-13-17-7-2-5-12-20(17)29(15)21(30)14-28-26-22(25-27-28)18-10-3-4-11-19(18)24-23(31)16-8-6-9-16/h2-5,7,10-12,15-16H,6,8-9,13-14H2,1H3,(H,24,31)/t15-/m0/s1. The zero-order chi connectivity index (χ0) is 21.4. The van der Waals surface area contributed by atoms with Crippen LogP contribution in [0.15, 0.2) is 48.5 Å². The highest BCUT2D eigenvalue weighted by Gasteiger charge is 2.31. The minimum absolute atomic E-state index is 0.00226. The highest BCUT2D eigenvalue weighted by atomic mass is 16.2. The lowest BCUT2D eigenvalue weighted by Crippen LogP contribution is -2.38. The normalized spacial score (nSPS) is 17.8. The summed E-state index contributed by atoms with van der Waals surface area (Å²) in [5.74, 6) is 0.419. The van der Waals surface area contributed by atoms with Crippen LogP contribution in [0.25, 0.3) is 11.4 Å². The number of nitrogens with zero attached hydrogens (tertiary/aromatic N) is 5. The van der Waals surface area contributed by atoms with Crippen LogP contribution in [-0.2, 0) is 22.6 Å². The molecule has 0 saturated heterocycles. The van der Waals surface area contributed by atoms with Gasteiger partial charge in [-0.25, -0.2) is 0 Å². The molecule has 1 aliphatic heterocycles. The van der Waals surface area contributed by atoms with Crippen LogP contribution in [-0.4, -0.2) is 38.1 Å². The maximum Gasteiger partial charge on any atom is 0.250 e. The number of nitrogens with one attached hydrogen (secondary N) is 1. The minimum atomic E-state index is -0.0760. The number of anilines is 2. The van der Waals surface area contributed by atoms with E-state index >= 15 is 0 Å². The zero-order valence-corrected chi connectivity index (χ0v) is 17.4. The first-order valence-corrected chi connectivity index (χ1v) is 10.7. The van der Waals surface area contributed by atoms with Crippen LogP contribution in [0.2, 0.25) is 0 Å². The highest BCUT2D eigenvalue weighted by molar-refractivity contribution is 5.97. The lowest BCUT2D eigenvalue weighted by molar-refractivity contribution is -0.122. The van der Waals surface area contributed by atoms with E-state index in [1.807, 2.05) is 54.3 Å². The van der Waals surface area contributed by atoms with E-state index in [-0.39, 0.29) is 30.3 Å². The number of hydrogen-bond donors (Lipinski definition) is 1. The second-order valence-electron chi connectivity index (χ2n) is 8.25. The molecule has 0 radical (unpaired) electrons. The Morgan fingerprint density at radius 3 is 2.68 bits per heavy atom. The molecule has 2 aliphatic rings. The Kier molecular flexibility index (Phi) is 4.97. The number of para-hydroxylation sites is 2. The summed E-state index contributed by atoms with van der Waals surface area (Å²) in [7, 11) is 0. The monoisotopic (exact) mass is 416 g/mol. The molecule has 1 atom stereocenters. The van der Waals surface area contributed by atoms with Crippen molar-refractivity contribution in [1.29, 1.82) is 0 Å². The van der Waals surface area contributed by atoms with Crippen LogP contribution >= 0.6 is 0 Å². The summed E-state index contributed by atoms with van der Waals surface area (Å²) in [5.41, 5.74) is 3.47. The maximum absolute atomic E-state index is 13.0. The summed E-state index contributed by atoms with van der Waals surface area (Å²) in [6.45, 7) is 2.04. The lowest BCUT2D eigenvalue weighted by atomic mass is 9.85. The average molecular weight is 416 g/mol. The van der Waals surface area contributed by atoms with E-state index in [1.54, 1.807) is 0 Å². The van der Waals surface area contributed by atoms with Crippen molar-refractivity contribution in [1.82, 2.24) is 20.2 Å². The van der Waals surface area contributed by atoms with E-state index in [9.17, 15) is 9.59 Å². The molecule has 2 amide bonds. The quantitative estimate of drug-likeness (QED) is 0.690. The first kappa shape index (κ1) is 19.4. The first-order valence-electron chi connectivity index (χ1n) is 10.7. The van der Waals surface area contributed by atoms with E-state index in [0.29, 0.717) is 17.1 Å². The summed E-state index contributed by atoms with van der Waals surface area (Å²) < 4.78 is 0. The summed E-state index contributed by atoms with van der Waals surface area (Å²) in [6.07, 6.45) is 3.81. The number of carbonyl (C=O) groups is 2. The van der Waals surface area contributed by atoms with Crippen LogP contribution < -0.4 is 10.2 Å². The van der Waals surface area contributed by atoms with Gasteiger partial charge in [0.1, 0.15) is 6.54 Å². The molecule has 0 bridgehead atoms. The smallest absolute Gasteiger partial charge is 0.250 e. The third-order valence-corrected chi connectivity index (χ3v) is 6.11. The molecule has 0 unspecified atom stereocenters. The molecule has 1 saturated carbocycles. The van der Waals surface area contributed by atoms with Crippen molar-refractivity contribution in [3.63, 3.8) is 0 Å². The average Bonchev–Trinajstić information content (AvgIpc) is 3.30. The van der Waals surface area contributed by atoms with Crippen LogP contribution in [0.4, 0.5) is 11.4 Å². The molecule has 1 aromatic heterocycles. The van der Waals surface area contributed by atoms with E-state index in [1.165, 1.54) is 10.4 Å². The fourth-order valence-corrected chi connectivity index (χ4v) is 4.25. The van der Waals surface area contributed by atoms with Crippen molar-refractivity contribution < 1.29 is 9.59 Å². The van der Waals surface area contributed by atoms with Crippen LogP contribution in [0, 0.1) is 5.92 Å². The Labute approximate surface area is 180 Å². The maximum atomic E-state index is 13.0. The number of benzene rings is 2. The van der Waals surface area contributed by atoms with E-state index in [2.05, 4.69) is 26.8 Å². The number of fused-ring (bicyclic) bond motifs is 1. The fraction of sp³-hybridized carbons (Fsp3) is 0.348. The SMILES string of the molecule is C[C@H]1Cc2ccccc2N1C(=O)Cn1nnc(-c2ccccc2NC(=O)C2CCC2)n1. The molecule has 1 N–H and O–H groups in total. The van der Waals surface area contributed by atoms with E-state index < -0.39 is 0 Å². The number of aromatic nitrogens is 4. The Balaban J connectivity index is 1.33. The Morgan fingerprint density at radius 2 is 1.87 bits per heavy atom. The molecule has 1 fully saturated rings.